The van der Waals surface area contributed by atoms with Crippen molar-refractivity contribution in [2.75, 3.05) is 39.3 Å². The number of amides is 2. The van der Waals surface area contributed by atoms with E-state index in [1.165, 1.54) is 0 Å². The van der Waals surface area contributed by atoms with Gasteiger partial charge in [0.05, 0.1) is 0 Å². The summed E-state index contributed by atoms with van der Waals surface area (Å²) >= 11 is 0. The fourth-order valence-corrected chi connectivity index (χ4v) is 1.70. The highest BCUT2D eigenvalue weighted by molar-refractivity contribution is 5.75. The van der Waals surface area contributed by atoms with Crippen LogP contribution in [0, 0.1) is 0 Å². The molecule has 1 N–H and O–H groups in total. The lowest BCUT2D eigenvalue weighted by Crippen LogP contribution is -2.46. The number of carbonyl (C=O) groups excluding carboxylic acids is 2. The third-order valence-corrected chi connectivity index (χ3v) is 2.78. The standard InChI is InChI=1S/C11H21N3O2/c1-2-4-12-11(16)3-5-13-6-8-14(10-15)9-7-13/h10H,2-9H2,1H3,(H,12,16). The highest BCUT2D eigenvalue weighted by Gasteiger charge is 2.15. The SMILES string of the molecule is CCCNC(=O)CCN1CCN(C=O)CC1. The molecule has 1 heterocycles. The Morgan fingerprint density at radius 1 is 1.31 bits per heavy atom. The largest absolute Gasteiger partial charge is 0.356 e. The summed E-state index contributed by atoms with van der Waals surface area (Å²) in [6.07, 6.45) is 2.43. The molecule has 0 radical (unpaired) electrons. The highest BCUT2D eigenvalue weighted by atomic mass is 16.1. The fraction of sp³-hybridized carbons (Fsp3) is 0.818. The van der Waals surface area contributed by atoms with E-state index in [1.54, 1.807) is 4.90 Å². The van der Waals surface area contributed by atoms with Crippen LogP contribution >= 0.6 is 0 Å². The maximum Gasteiger partial charge on any atom is 0.221 e. The van der Waals surface area contributed by atoms with Crippen LogP contribution in [0.25, 0.3) is 0 Å². The third-order valence-electron chi connectivity index (χ3n) is 2.78. The van der Waals surface area contributed by atoms with Crippen molar-refractivity contribution in [2.24, 2.45) is 0 Å². The van der Waals surface area contributed by atoms with E-state index in [4.69, 9.17) is 0 Å². The summed E-state index contributed by atoms with van der Waals surface area (Å²) in [5.74, 6) is 0.125. The van der Waals surface area contributed by atoms with Gasteiger partial charge in [-0.05, 0) is 6.42 Å². The molecular weight excluding hydrogens is 206 g/mol. The van der Waals surface area contributed by atoms with Gasteiger partial charge in [-0.2, -0.15) is 0 Å². The van der Waals surface area contributed by atoms with Gasteiger partial charge in [-0.3, -0.25) is 14.5 Å². The minimum atomic E-state index is 0.125. The number of piperazine rings is 1. The second-order valence-electron chi connectivity index (χ2n) is 4.08. The molecule has 0 aliphatic carbocycles. The van der Waals surface area contributed by atoms with Gasteiger partial charge >= 0.3 is 0 Å². The predicted octanol–water partition coefficient (Wildman–Crippen LogP) is -0.323. The van der Waals surface area contributed by atoms with Crippen molar-refractivity contribution in [3.8, 4) is 0 Å². The van der Waals surface area contributed by atoms with Gasteiger partial charge in [0.2, 0.25) is 12.3 Å². The van der Waals surface area contributed by atoms with E-state index in [9.17, 15) is 9.59 Å². The summed E-state index contributed by atoms with van der Waals surface area (Å²) < 4.78 is 0. The van der Waals surface area contributed by atoms with E-state index in [0.29, 0.717) is 6.42 Å². The normalized spacial score (nSPS) is 17.2. The Kier molecular flexibility index (Phi) is 5.85. The topological polar surface area (TPSA) is 52.7 Å². The molecular formula is C11H21N3O2. The molecule has 16 heavy (non-hydrogen) atoms. The molecule has 0 unspecified atom stereocenters. The van der Waals surface area contributed by atoms with Crippen molar-refractivity contribution in [1.29, 1.82) is 0 Å². The zero-order valence-corrected chi connectivity index (χ0v) is 9.95. The van der Waals surface area contributed by atoms with E-state index < -0.39 is 0 Å². The van der Waals surface area contributed by atoms with Crippen molar-refractivity contribution >= 4 is 12.3 Å². The molecule has 1 fully saturated rings. The van der Waals surface area contributed by atoms with Crippen molar-refractivity contribution in [3.05, 3.63) is 0 Å². The van der Waals surface area contributed by atoms with Gasteiger partial charge in [-0.1, -0.05) is 6.92 Å². The highest BCUT2D eigenvalue weighted by Crippen LogP contribution is 2.00. The van der Waals surface area contributed by atoms with Gasteiger partial charge in [0.1, 0.15) is 0 Å². The summed E-state index contributed by atoms with van der Waals surface area (Å²) in [6.45, 7) is 6.90. The minimum absolute atomic E-state index is 0.125. The number of nitrogens with one attached hydrogen (secondary N) is 1. The van der Waals surface area contributed by atoms with E-state index >= 15 is 0 Å². The lowest BCUT2D eigenvalue weighted by molar-refractivity contribution is -0.122. The average molecular weight is 227 g/mol. The second-order valence-corrected chi connectivity index (χ2v) is 4.08. The molecule has 1 aliphatic rings. The van der Waals surface area contributed by atoms with Gasteiger partial charge in [0.15, 0.2) is 0 Å². The summed E-state index contributed by atoms with van der Waals surface area (Å²) in [6, 6.07) is 0. The lowest BCUT2D eigenvalue weighted by atomic mass is 10.3. The zero-order valence-electron chi connectivity index (χ0n) is 9.95. The van der Waals surface area contributed by atoms with Gasteiger partial charge in [-0.15, -0.1) is 0 Å². The fourth-order valence-electron chi connectivity index (χ4n) is 1.70. The number of rotatable bonds is 6. The molecule has 5 nitrogen and oxygen atoms in total. The summed E-state index contributed by atoms with van der Waals surface area (Å²) in [5, 5.41) is 2.86. The predicted molar refractivity (Wildman–Crippen MR) is 62.0 cm³/mol. The zero-order chi connectivity index (χ0) is 11.8. The van der Waals surface area contributed by atoms with E-state index in [2.05, 4.69) is 10.2 Å². The molecule has 92 valence electrons. The number of carbonyl (C=O) groups is 2. The van der Waals surface area contributed by atoms with E-state index in [1.807, 2.05) is 6.92 Å². The quantitative estimate of drug-likeness (QED) is 0.633. The van der Waals surface area contributed by atoms with Gasteiger partial charge < -0.3 is 10.2 Å². The maximum atomic E-state index is 11.4. The molecule has 1 rings (SSSR count). The lowest BCUT2D eigenvalue weighted by Gasteiger charge is -2.32. The molecule has 0 atom stereocenters. The van der Waals surface area contributed by atoms with Crippen LogP contribution in [-0.2, 0) is 9.59 Å². The third kappa shape index (κ3) is 4.61. The van der Waals surface area contributed by atoms with Gasteiger partial charge in [0, 0.05) is 45.7 Å². The second kappa shape index (κ2) is 7.22. The Morgan fingerprint density at radius 3 is 2.56 bits per heavy atom. The molecule has 1 aliphatic heterocycles. The molecule has 5 heteroatoms. The van der Waals surface area contributed by atoms with Crippen LogP contribution in [0.1, 0.15) is 19.8 Å². The Balaban J connectivity index is 2.10. The smallest absolute Gasteiger partial charge is 0.221 e. The van der Waals surface area contributed by atoms with Gasteiger partial charge in [-0.25, -0.2) is 0 Å². The first-order chi connectivity index (χ1) is 7.76. The molecule has 2 amide bonds. The maximum absolute atomic E-state index is 11.4. The summed E-state index contributed by atoms with van der Waals surface area (Å²) in [5.41, 5.74) is 0. The van der Waals surface area contributed by atoms with Crippen molar-refractivity contribution in [2.45, 2.75) is 19.8 Å². The monoisotopic (exact) mass is 227 g/mol. The Hall–Kier alpha value is -1.10. The summed E-state index contributed by atoms with van der Waals surface area (Å²) in [7, 11) is 0. The van der Waals surface area contributed by atoms with Gasteiger partial charge in [0.25, 0.3) is 0 Å². The Bertz CT molecular complexity index is 225. The van der Waals surface area contributed by atoms with Crippen LogP contribution in [0.4, 0.5) is 0 Å². The molecule has 0 bridgehead atoms. The van der Waals surface area contributed by atoms with E-state index in [0.717, 1.165) is 52.1 Å². The summed E-state index contributed by atoms with van der Waals surface area (Å²) in [4.78, 5) is 25.9. The van der Waals surface area contributed by atoms with Crippen molar-refractivity contribution in [1.82, 2.24) is 15.1 Å². The van der Waals surface area contributed by atoms with Crippen molar-refractivity contribution < 1.29 is 9.59 Å². The molecule has 0 spiro atoms. The first kappa shape index (κ1) is 13.0. The van der Waals surface area contributed by atoms with Crippen LogP contribution in [0.15, 0.2) is 0 Å². The molecule has 0 aromatic heterocycles. The van der Waals surface area contributed by atoms with E-state index in [-0.39, 0.29) is 5.91 Å². The number of hydrogen-bond donors (Lipinski definition) is 1. The first-order valence-corrected chi connectivity index (χ1v) is 5.94. The Morgan fingerprint density at radius 2 is 2.00 bits per heavy atom. The van der Waals surface area contributed by atoms with Crippen LogP contribution in [-0.4, -0.2) is 61.4 Å². The van der Waals surface area contributed by atoms with Crippen LogP contribution < -0.4 is 5.32 Å². The molecule has 0 saturated carbocycles. The van der Waals surface area contributed by atoms with Crippen LogP contribution in [0.3, 0.4) is 0 Å². The molecule has 1 saturated heterocycles. The number of nitrogens with zero attached hydrogens (tertiary/aromatic N) is 2. The Labute approximate surface area is 96.8 Å². The van der Waals surface area contributed by atoms with Crippen molar-refractivity contribution in [3.63, 3.8) is 0 Å². The van der Waals surface area contributed by atoms with Crippen LogP contribution in [0.5, 0.6) is 0 Å². The van der Waals surface area contributed by atoms with Crippen LogP contribution in [0.2, 0.25) is 0 Å². The first-order valence-electron chi connectivity index (χ1n) is 5.94. The molecule has 0 aromatic rings. The molecule has 0 aromatic carbocycles. The number of hydrogen-bond acceptors (Lipinski definition) is 3. The average Bonchev–Trinajstić information content (AvgIpc) is 2.34. The minimum Gasteiger partial charge on any atom is -0.356 e.